The van der Waals surface area contributed by atoms with Crippen molar-refractivity contribution in [3.8, 4) is 0 Å². The van der Waals surface area contributed by atoms with Gasteiger partial charge in [-0.1, -0.05) is 0 Å². The van der Waals surface area contributed by atoms with E-state index in [9.17, 15) is 9.18 Å². The number of halogens is 1. The maximum absolute atomic E-state index is 13.4. The normalized spacial score (nSPS) is 18.7. The van der Waals surface area contributed by atoms with Crippen molar-refractivity contribution in [2.45, 2.75) is 6.42 Å². The molecule has 0 aromatic heterocycles. The average molecular weight is 269 g/mol. The molecule has 1 heterocycles. The first-order valence-corrected chi connectivity index (χ1v) is 7.05. The molecule has 98 valence electrons. The van der Waals surface area contributed by atoms with E-state index in [1.807, 2.05) is 11.8 Å². The van der Waals surface area contributed by atoms with Gasteiger partial charge in [0.25, 0.3) is 0 Å². The van der Waals surface area contributed by atoms with Crippen LogP contribution in [0, 0.1) is 11.7 Å². The lowest BCUT2D eigenvalue weighted by Crippen LogP contribution is -2.14. The van der Waals surface area contributed by atoms with E-state index in [-0.39, 0.29) is 5.56 Å². The summed E-state index contributed by atoms with van der Waals surface area (Å²) >= 11 is 1.96. The molecule has 1 aliphatic rings. The van der Waals surface area contributed by atoms with E-state index in [0.717, 1.165) is 18.0 Å². The third kappa shape index (κ3) is 3.16. The van der Waals surface area contributed by atoms with Crippen LogP contribution in [0.3, 0.4) is 0 Å². The molecule has 5 heteroatoms. The van der Waals surface area contributed by atoms with Gasteiger partial charge in [0.1, 0.15) is 5.82 Å². The number of rotatable bonds is 4. The fourth-order valence-electron chi connectivity index (χ4n) is 1.91. The Bertz CT molecular complexity index is 433. The third-order valence-corrected chi connectivity index (χ3v) is 4.22. The maximum Gasteiger partial charge on any atom is 0.340 e. The first-order chi connectivity index (χ1) is 8.70. The van der Waals surface area contributed by atoms with E-state index in [0.29, 0.717) is 5.92 Å². The number of ether oxygens (including phenoxy) is 1. The summed E-state index contributed by atoms with van der Waals surface area (Å²) in [5.41, 5.74) is 0.733. The van der Waals surface area contributed by atoms with Crippen LogP contribution in [0.5, 0.6) is 0 Å². The molecule has 18 heavy (non-hydrogen) atoms. The summed E-state index contributed by atoms with van der Waals surface area (Å²) in [5, 5.41) is 3.25. The highest BCUT2D eigenvalue weighted by molar-refractivity contribution is 7.99. The van der Waals surface area contributed by atoms with Crippen molar-refractivity contribution in [1.82, 2.24) is 0 Å². The lowest BCUT2D eigenvalue weighted by molar-refractivity contribution is 0.0595. The van der Waals surface area contributed by atoms with Crippen molar-refractivity contribution in [1.29, 1.82) is 0 Å². The van der Waals surface area contributed by atoms with Gasteiger partial charge in [0.2, 0.25) is 0 Å². The standard InChI is InChI=1S/C13H16FNO2S/c1-17-13(16)11-6-10(2-3-12(11)14)15-7-9-4-5-18-8-9/h2-3,6,9,15H,4-5,7-8H2,1H3. The van der Waals surface area contributed by atoms with Gasteiger partial charge in [0, 0.05) is 12.2 Å². The maximum atomic E-state index is 13.4. The topological polar surface area (TPSA) is 38.3 Å². The molecule has 1 saturated heterocycles. The van der Waals surface area contributed by atoms with Crippen LogP contribution in [0.4, 0.5) is 10.1 Å². The number of nitrogens with one attached hydrogen (secondary N) is 1. The van der Waals surface area contributed by atoms with Crippen molar-refractivity contribution >= 4 is 23.4 Å². The summed E-state index contributed by atoms with van der Waals surface area (Å²) in [4.78, 5) is 11.4. The second-order valence-electron chi connectivity index (χ2n) is 4.30. The number of hydrogen-bond acceptors (Lipinski definition) is 4. The van der Waals surface area contributed by atoms with Crippen molar-refractivity contribution < 1.29 is 13.9 Å². The van der Waals surface area contributed by atoms with Gasteiger partial charge in [-0.25, -0.2) is 9.18 Å². The Morgan fingerprint density at radius 1 is 1.61 bits per heavy atom. The van der Waals surface area contributed by atoms with Gasteiger partial charge < -0.3 is 10.1 Å². The molecule has 0 amide bonds. The molecule has 2 rings (SSSR count). The number of carbonyl (C=O) groups is 1. The molecular formula is C13H16FNO2S. The Morgan fingerprint density at radius 3 is 3.11 bits per heavy atom. The highest BCUT2D eigenvalue weighted by Gasteiger charge is 2.16. The van der Waals surface area contributed by atoms with E-state index < -0.39 is 11.8 Å². The number of esters is 1. The second kappa shape index (κ2) is 6.09. The lowest BCUT2D eigenvalue weighted by Gasteiger charge is -2.12. The summed E-state index contributed by atoms with van der Waals surface area (Å²) in [6.07, 6.45) is 1.21. The van der Waals surface area contributed by atoms with E-state index in [4.69, 9.17) is 0 Å². The molecule has 1 unspecified atom stereocenters. The van der Waals surface area contributed by atoms with Crippen LogP contribution in [-0.2, 0) is 4.74 Å². The molecule has 1 atom stereocenters. The van der Waals surface area contributed by atoms with Crippen LogP contribution in [0.2, 0.25) is 0 Å². The van der Waals surface area contributed by atoms with Crippen LogP contribution in [0.1, 0.15) is 16.8 Å². The van der Waals surface area contributed by atoms with Crippen molar-refractivity contribution in [3.63, 3.8) is 0 Å². The quantitative estimate of drug-likeness (QED) is 0.853. The Balaban J connectivity index is 2.02. The van der Waals surface area contributed by atoms with E-state index in [1.54, 1.807) is 6.07 Å². The minimum absolute atomic E-state index is 0.0247. The number of benzene rings is 1. The monoisotopic (exact) mass is 269 g/mol. The molecule has 1 N–H and O–H groups in total. The van der Waals surface area contributed by atoms with Crippen LogP contribution in [-0.4, -0.2) is 31.1 Å². The van der Waals surface area contributed by atoms with Gasteiger partial charge in [-0.15, -0.1) is 0 Å². The number of methoxy groups -OCH3 is 1. The van der Waals surface area contributed by atoms with Gasteiger partial charge in [0.05, 0.1) is 12.7 Å². The van der Waals surface area contributed by atoms with Gasteiger partial charge in [0.15, 0.2) is 0 Å². The minimum Gasteiger partial charge on any atom is -0.465 e. The van der Waals surface area contributed by atoms with Gasteiger partial charge in [-0.2, -0.15) is 11.8 Å². The zero-order chi connectivity index (χ0) is 13.0. The Morgan fingerprint density at radius 2 is 2.44 bits per heavy atom. The Hall–Kier alpha value is -1.23. The number of anilines is 1. The average Bonchev–Trinajstić information content (AvgIpc) is 2.90. The summed E-state index contributed by atoms with van der Waals surface area (Å²) in [6.45, 7) is 0.860. The van der Waals surface area contributed by atoms with Crippen LogP contribution in [0.25, 0.3) is 0 Å². The number of thioether (sulfide) groups is 1. The van der Waals surface area contributed by atoms with Crippen LogP contribution < -0.4 is 5.32 Å². The molecular weight excluding hydrogens is 253 g/mol. The predicted octanol–water partition coefficient (Wildman–Crippen LogP) is 2.78. The summed E-state index contributed by atoms with van der Waals surface area (Å²) < 4.78 is 18.0. The van der Waals surface area contributed by atoms with Crippen molar-refractivity contribution in [2.24, 2.45) is 5.92 Å². The lowest BCUT2D eigenvalue weighted by atomic mass is 10.1. The van der Waals surface area contributed by atoms with Gasteiger partial charge in [-0.05, 0) is 42.0 Å². The second-order valence-corrected chi connectivity index (χ2v) is 5.45. The zero-order valence-electron chi connectivity index (χ0n) is 10.2. The predicted molar refractivity (Wildman–Crippen MR) is 71.7 cm³/mol. The van der Waals surface area contributed by atoms with Crippen LogP contribution in [0.15, 0.2) is 18.2 Å². The SMILES string of the molecule is COC(=O)c1cc(NCC2CCSC2)ccc1F. The van der Waals surface area contributed by atoms with E-state index in [2.05, 4.69) is 10.1 Å². The smallest absolute Gasteiger partial charge is 0.340 e. The fraction of sp³-hybridized carbons (Fsp3) is 0.462. The molecule has 0 bridgehead atoms. The molecule has 0 spiro atoms. The van der Waals surface area contributed by atoms with Gasteiger partial charge >= 0.3 is 5.97 Å². The Kier molecular flexibility index (Phi) is 4.47. The highest BCUT2D eigenvalue weighted by atomic mass is 32.2. The molecule has 1 aromatic carbocycles. The first-order valence-electron chi connectivity index (χ1n) is 5.90. The number of hydrogen-bond donors (Lipinski definition) is 1. The summed E-state index contributed by atoms with van der Waals surface area (Å²) in [5.74, 6) is 1.83. The highest BCUT2D eigenvalue weighted by Crippen LogP contribution is 2.24. The molecule has 0 saturated carbocycles. The minimum atomic E-state index is -0.646. The molecule has 1 fully saturated rings. The third-order valence-electron chi connectivity index (χ3n) is 2.99. The summed E-state index contributed by atoms with van der Waals surface area (Å²) in [7, 11) is 1.25. The fourth-order valence-corrected chi connectivity index (χ4v) is 3.19. The van der Waals surface area contributed by atoms with E-state index >= 15 is 0 Å². The largest absolute Gasteiger partial charge is 0.465 e. The van der Waals surface area contributed by atoms with Crippen LogP contribution >= 0.6 is 11.8 Å². The molecule has 1 aromatic rings. The van der Waals surface area contributed by atoms with E-state index in [1.165, 1.54) is 31.4 Å². The first kappa shape index (κ1) is 13.2. The molecule has 3 nitrogen and oxygen atoms in total. The van der Waals surface area contributed by atoms with Crippen molar-refractivity contribution in [3.05, 3.63) is 29.6 Å². The van der Waals surface area contributed by atoms with Crippen molar-refractivity contribution in [2.75, 3.05) is 30.5 Å². The summed E-state index contributed by atoms with van der Waals surface area (Å²) in [6, 6.07) is 4.44. The number of carbonyl (C=O) groups excluding carboxylic acids is 1. The Labute approximate surface area is 110 Å². The molecule has 0 radical (unpaired) electrons. The van der Waals surface area contributed by atoms with Gasteiger partial charge in [-0.3, -0.25) is 0 Å². The molecule has 0 aliphatic carbocycles. The zero-order valence-corrected chi connectivity index (χ0v) is 11.1. The molecule has 1 aliphatic heterocycles.